The quantitative estimate of drug-likeness (QED) is 0.197. The summed E-state index contributed by atoms with van der Waals surface area (Å²) in [6, 6.07) is 40.3. The standard InChI is InChI=1S/C42H28N4S/c1-27-14-4-3-11-25-47-41-32-20-8-7-19-31(32)37-33-21-9-10-23-35(33)46(40(37)36(27)41)42-44-34-22-13-24-43-39(34)38(45-42)30-18-12-17-29(26-30)28-15-5-2-6-16-28/h2-24,26H,1,25H2/b11-3-,14-4-. The number of fused-ring (bicyclic) bond motifs is 9. The van der Waals surface area contributed by atoms with Gasteiger partial charge in [-0.05, 0) is 51.7 Å². The van der Waals surface area contributed by atoms with Crippen LogP contribution in [-0.4, -0.2) is 25.3 Å². The number of hydrogen-bond donors (Lipinski definition) is 0. The molecule has 0 bridgehead atoms. The Balaban J connectivity index is 1.41. The van der Waals surface area contributed by atoms with Gasteiger partial charge >= 0.3 is 0 Å². The Hall–Kier alpha value is -5.78. The van der Waals surface area contributed by atoms with Crippen molar-refractivity contribution in [2.24, 2.45) is 0 Å². The first-order valence-corrected chi connectivity index (χ1v) is 16.7. The molecule has 9 rings (SSSR count). The molecule has 0 radical (unpaired) electrons. The van der Waals surface area contributed by atoms with Crippen LogP contribution in [0.15, 0.2) is 157 Å². The van der Waals surface area contributed by atoms with Crippen molar-refractivity contribution in [1.82, 2.24) is 19.5 Å². The molecule has 0 amide bonds. The minimum absolute atomic E-state index is 0.606. The fraction of sp³-hybridized carbons (Fsp3) is 0.0238. The summed E-state index contributed by atoms with van der Waals surface area (Å²) in [5, 5.41) is 4.78. The summed E-state index contributed by atoms with van der Waals surface area (Å²) in [5.74, 6) is 1.47. The van der Waals surface area contributed by atoms with Crippen LogP contribution in [0.4, 0.5) is 0 Å². The van der Waals surface area contributed by atoms with Gasteiger partial charge in [0.1, 0.15) is 11.2 Å². The summed E-state index contributed by atoms with van der Waals surface area (Å²) < 4.78 is 2.25. The van der Waals surface area contributed by atoms with Crippen LogP contribution in [-0.2, 0) is 0 Å². The van der Waals surface area contributed by atoms with Crippen LogP contribution >= 0.6 is 11.8 Å². The molecule has 5 heteroatoms. The van der Waals surface area contributed by atoms with Crippen molar-refractivity contribution in [1.29, 1.82) is 0 Å². The molecule has 0 spiro atoms. The topological polar surface area (TPSA) is 43.6 Å². The monoisotopic (exact) mass is 620 g/mol. The predicted octanol–water partition coefficient (Wildman–Crippen LogP) is 10.8. The Bertz CT molecular complexity index is 2590. The number of aromatic nitrogens is 4. The van der Waals surface area contributed by atoms with Crippen molar-refractivity contribution in [3.05, 3.63) is 158 Å². The number of allylic oxidation sites excluding steroid dienone is 4. The largest absolute Gasteiger partial charge is 0.277 e. The maximum Gasteiger partial charge on any atom is 0.235 e. The van der Waals surface area contributed by atoms with Crippen molar-refractivity contribution in [3.63, 3.8) is 0 Å². The molecule has 222 valence electrons. The van der Waals surface area contributed by atoms with Gasteiger partial charge in [-0.15, -0.1) is 11.8 Å². The third-order valence-electron chi connectivity index (χ3n) is 8.86. The number of hydrogen-bond acceptors (Lipinski definition) is 4. The zero-order chi connectivity index (χ0) is 31.3. The van der Waals surface area contributed by atoms with Gasteiger partial charge in [0, 0.05) is 38.7 Å². The zero-order valence-corrected chi connectivity index (χ0v) is 26.3. The number of thioether (sulfide) groups is 1. The van der Waals surface area contributed by atoms with E-state index in [1.807, 2.05) is 36.2 Å². The average Bonchev–Trinajstić information content (AvgIpc) is 3.51. The fourth-order valence-electron chi connectivity index (χ4n) is 6.80. The van der Waals surface area contributed by atoms with E-state index in [2.05, 4.69) is 133 Å². The number of benzene rings is 5. The number of pyridine rings is 1. The van der Waals surface area contributed by atoms with Crippen LogP contribution in [0.1, 0.15) is 5.56 Å². The Morgan fingerprint density at radius 2 is 1.45 bits per heavy atom. The van der Waals surface area contributed by atoms with Crippen molar-refractivity contribution >= 4 is 60.9 Å². The highest BCUT2D eigenvalue weighted by atomic mass is 32.2. The van der Waals surface area contributed by atoms with Crippen molar-refractivity contribution in [2.75, 3.05) is 5.75 Å². The van der Waals surface area contributed by atoms with E-state index in [9.17, 15) is 0 Å². The molecular weight excluding hydrogens is 593 g/mol. The molecule has 0 atom stereocenters. The normalized spacial score (nSPS) is 14.6. The second kappa shape index (κ2) is 11.2. The van der Waals surface area contributed by atoms with Gasteiger partial charge in [-0.25, -0.2) is 9.97 Å². The second-order valence-corrected chi connectivity index (χ2v) is 12.7. The van der Waals surface area contributed by atoms with Crippen LogP contribution in [0.25, 0.3) is 77.5 Å². The lowest BCUT2D eigenvalue weighted by molar-refractivity contribution is 1.01. The molecule has 5 aromatic carbocycles. The van der Waals surface area contributed by atoms with Crippen molar-refractivity contribution in [2.45, 2.75) is 4.90 Å². The van der Waals surface area contributed by atoms with Gasteiger partial charge in [-0.2, -0.15) is 0 Å². The summed E-state index contributed by atoms with van der Waals surface area (Å²) in [5.41, 5.74) is 9.82. The van der Waals surface area contributed by atoms with E-state index in [4.69, 9.17) is 15.0 Å². The summed E-state index contributed by atoms with van der Waals surface area (Å²) in [7, 11) is 0. The number of nitrogens with zero attached hydrogens (tertiary/aromatic N) is 4. The van der Waals surface area contributed by atoms with Gasteiger partial charge in [0.25, 0.3) is 0 Å². The Morgan fingerprint density at radius 3 is 2.34 bits per heavy atom. The number of para-hydroxylation sites is 1. The predicted molar refractivity (Wildman–Crippen MR) is 198 cm³/mol. The summed E-state index contributed by atoms with van der Waals surface area (Å²) >= 11 is 1.85. The maximum absolute atomic E-state index is 5.39. The van der Waals surface area contributed by atoms with E-state index in [1.54, 1.807) is 0 Å². The second-order valence-electron chi connectivity index (χ2n) is 11.6. The van der Waals surface area contributed by atoms with Gasteiger partial charge in [-0.3, -0.25) is 9.55 Å². The molecule has 1 aliphatic rings. The lowest BCUT2D eigenvalue weighted by atomic mass is 9.96. The Kier molecular flexibility index (Phi) is 6.58. The molecular formula is C42H28N4S. The van der Waals surface area contributed by atoms with E-state index < -0.39 is 0 Å². The highest BCUT2D eigenvalue weighted by Crippen LogP contribution is 2.46. The van der Waals surface area contributed by atoms with Crippen LogP contribution < -0.4 is 0 Å². The summed E-state index contributed by atoms with van der Waals surface area (Å²) in [6.07, 6.45) is 10.3. The smallest absolute Gasteiger partial charge is 0.235 e. The molecule has 8 aromatic rings. The Labute approximate surface area is 276 Å². The minimum atomic E-state index is 0.606. The Morgan fingerprint density at radius 1 is 0.681 bits per heavy atom. The lowest BCUT2D eigenvalue weighted by Crippen LogP contribution is -2.06. The first kappa shape index (κ1) is 27.5. The van der Waals surface area contributed by atoms with Crippen molar-refractivity contribution < 1.29 is 0 Å². The molecule has 0 saturated heterocycles. The van der Waals surface area contributed by atoms with E-state index in [0.717, 1.165) is 66.7 Å². The highest BCUT2D eigenvalue weighted by molar-refractivity contribution is 7.99. The van der Waals surface area contributed by atoms with Gasteiger partial charge < -0.3 is 0 Å². The molecule has 4 heterocycles. The van der Waals surface area contributed by atoms with Gasteiger partial charge in [0.2, 0.25) is 5.95 Å². The van der Waals surface area contributed by atoms with E-state index in [1.165, 1.54) is 21.1 Å². The van der Waals surface area contributed by atoms with E-state index in [-0.39, 0.29) is 0 Å². The van der Waals surface area contributed by atoms with Gasteiger partial charge in [0.05, 0.1) is 16.6 Å². The molecule has 0 unspecified atom stereocenters. The van der Waals surface area contributed by atoms with Gasteiger partial charge in [-0.1, -0.05) is 122 Å². The SMILES string of the molecule is C=C1/C=C\C=C/CSc2c1c1c(c3ccccc23)c2ccccc2n1-c1nc(-c2cccc(-c3ccccc3)c2)c2ncccc2n1. The molecule has 3 aromatic heterocycles. The molecule has 0 saturated carbocycles. The van der Waals surface area contributed by atoms with E-state index in [0.29, 0.717) is 5.95 Å². The first-order valence-electron chi connectivity index (χ1n) is 15.7. The number of rotatable bonds is 3. The van der Waals surface area contributed by atoms with Gasteiger partial charge in [0.15, 0.2) is 0 Å². The third kappa shape index (κ3) is 4.50. The highest BCUT2D eigenvalue weighted by Gasteiger charge is 2.25. The first-order chi connectivity index (χ1) is 23.3. The molecule has 0 aliphatic carbocycles. The van der Waals surface area contributed by atoms with Crippen LogP contribution in [0.3, 0.4) is 0 Å². The molecule has 1 aliphatic heterocycles. The zero-order valence-electron chi connectivity index (χ0n) is 25.5. The minimum Gasteiger partial charge on any atom is -0.277 e. The van der Waals surface area contributed by atoms with Crippen LogP contribution in [0.5, 0.6) is 0 Å². The van der Waals surface area contributed by atoms with Crippen LogP contribution in [0.2, 0.25) is 0 Å². The molecule has 0 N–H and O–H groups in total. The third-order valence-corrected chi connectivity index (χ3v) is 9.93. The maximum atomic E-state index is 5.39. The fourth-order valence-corrected chi connectivity index (χ4v) is 7.88. The molecule has 47 heavy (non-hydrogen) atoms. The van der Waals surface area contributed by atoms with E-state index >= 15 is 0 Å². The average molecular weight is 621 g/mol. The summed E-state index contributed by atoms with van der Waals surface area (Å²) in [6.45, 7) is 4.62. The van der Waals surface area contributed by atoms with Crippen LogP contribution in [0, 0.1) is 0 Å². The lowest BCUT2D eigenvalue weighted by Gasteiger charge is -2.18. The molecule has 0 fully saturated rings. The molecule has 4 nitrogen and oxygen atoms in total. The van der Waals surface area contributed by atoms with Crippen molar-refractivity contribution in [3.8, 4) is 28.3 Å². The summed E-state index contributed by atoms with van der Waals surface area (Å²) in [4.78, 5) is 16.6.